The Bertz CT molecular complexity index is 170. The van der Waals surface area contributed by atoms with Crippen LogP contribution in [-0.4, -0.2) is 36.7 Å². The quantitative estimate of drug-likeness (QED) is 0.782. The molecule has 0 spiro atoms. The van der Waals surface area contributed by atoms with Gasteiger partial charge in [-0.05, 0) is 0 Å². The average Bonchev–Trinajstić information content (AvgIpc) is 2.29. The van der Waals surface area contributed by atoms with Crippen molar-refractivity contribution in [3.05, 3.63) is 0 Å². The van der Waals surface area contributed by atoms with Crippen LogP contribution in [0.4, 0.5) is 0 Å². The second-order valence-electron chi connectivity index (χ2n) is 3.51. The van der Waals surface area contributed by atoms with Gasteiger partial charge < -0.3 is 0 Å². The van der Waals surface area contributed by atoms with Crippen LogP contribution in [0.1, 0.15) is 26.7 Å². The molecule has 3 heteroatoms. The fraction of sp³-hybridized carbons (Fsp3) is 0.889. The zero-order chi connectivity index (χ0) is 9.14. The summed E-state index contributed by atoms with van der Waals surface area (Å²) in [6.07, 6.45) is 1.76. The molecule has 0 unspecified atom stereocenters. The third-order valence-corrected chi connectivity index (χ3v) is 7.00. The fourth-order valence-electron chi connectivity index (χ4n) is 2.10. The van der Waals surface area contributed by atoms with Crippen LogP contribution in [-0.2, 0) is 4.79 Å². The van der Waals surface area contributed by atoms with Gasteiger partial charge in [-0.3, -0.25) is 0 Å². The third-order valence-electron chi connectivity index (χ3n) is 2.90. The van der Waals surface area contributed by atoms with Crippen LogP contribution in [0.25, 0.3) is 0 Å². The second-order valence-corrected chi connectivity index (χ2v) is 7.70. The van der Waals surface area contributed by atoms with Gasteiger partial charge in [-0.15, -0.1) is 0 Å². The van der Waals surface area contributed by atoms with E-state index < -0.39 is 21.1 Å². The van der Waals surface area contributed by atoms with Gasteiger partial charge in [-0.2, -0.15) is 0 Å². The van der Waals surface area contributed by atoms with E-state index >= 15 is 0 Å². The van der Waals surface area contributed by atoms with Gasteiger partial charge in [0.1, 0.15) is 0 Å². The van der Waals surface area contributed by atoms with Crippen LogP contribution in [0.5, 0.6) is 0 Å². The number of rotatable bonds is 3. The van der Waals surface area contributed by atoms with Crippen molar-refractivity contribution in [3.63, 3.8) is 0 Å². The molecule has 12 heavy (non-hydrogen) atoms. The van der Waals surface area contributed by atoms with E-state index in [1.807, 2.05) is 0 Å². The van der Waals surface area contributed by atoms with Gasteiger partial charge >= 0.3 is 83.9 Å². The minimum absolute atomic E-state index is 0.308. The number of ketones is 1. The van der Waals surface area contributed by atoms with E-state index in [9.17, 15) is 4.79 Å². The SMILES string of the molecule is CC[C@H]1C(=O)C[C@H]([Sn][CH2]O)[C@@H]1C. The van der Waals surface area contributed by atoms with Crippen LogP contribution in [0.15, 0.2) is 0 Å². The first-order valence-corrected chi connectivity index (χ1v) is 8.24. The van der Waals surface area contributed by atoms with Gasteiger partial charge in [0.15, 0.2) is 0 Å². The summed E-state index contributed by atoms with van der Waals surface area (Å²) in [4.78, 5) is 11.4. The molecule has 0 aromatic rings. The number of carbonyl (C=O) groups excluding carboxylic acids is 1. The molecule has 0 bridgehead atoms. The first-order chi connectivity index (χ1) is 5.70. The molecule has 2 nitrogen and oxygen atoms in total. The number of hydrogen-bond acceptors (Lipinski definition) is 2. The summed E-state index contributed by atoms with van der Waals surface area (Å²) in [5.41, 5.74) is 0. The van der Waals surface area contributed by atoms with Crippen LogP contribution >= 0.6 is 0 Å². The number of carbonyl (C=O) groups is 1. The maximum absolute atomic E-state index is 11.4. The van der Waals surface area contributed by atoms with Crippen molar-refractivity contribution < 1.29 is 9.90 Å². The third kappa shape index (κ3) is 2.02. The normalized spacial score (nSPS) is 35.9. The Hall–Kier alpha value is 0.429. The summed E-state index contributed by atoms with van der Waals surface area (Å²) >= 11 is -0.652. The van der Waals surface area contributed by atoms with Gasteiger partial charge in [0, 0.05) is 0 Å². The second kappa shape index (κ2) is 4.61. The van der Waals surface area contributed by atoms with Gasteiger partial charge in [-0.25, -0.2) is 0 Å². The molecule has 0 aromatic heterocycles. The van der Waals surface area contributed by atoms with Crippen molar-refractivity contribution in [2.75, 3.05) is 4.62 Å². The summed E-state index contributed by atoms with van der Waals surface area (Å²) in [5, 5.41) is 8.85. The van der Waals surface area contributed by atoms with Gasteiger partial charge in [0.05, 0.1) is 0 Å². The van der Waals surface area contributed by atoms with Gasteiger partial charge in [0.2, 0.25) is 0 Å². The van der Waals surface area contributed by atoms with E-state index in [0.717, 1.165) is 12.8 Å². The summed E-state index contributed by atoms with van der Waals surface area (Å²) in [7, 11) is 0. The van der Waals surface area contributed by atoms with E-state index in [-0.39, 0.29) is 0 Å². The average molecular weight is 275 g/mol. The zero-order valence-electron chi connectivity index (χ0n) is 7.71. The molecule has 0 amide bonds. The summed E-state index contributed by atoms with van der Waals surface area (Å²) < 4.78 is 0.998. The van der Waals surface area contributed by atoms with E-state index in [1.165, 1.54) is 0 Å². The zero-order valence-corrected chi connectivity index (χ0v) is 10.6. The van der Waals surface area contributed by atoms with E-state index in [0.29, 0.717) is 26.2 Å². The molecule has 3 atom stereocenters. The van der Waals surface area contributed by atoms with Gasteiger partial charge in [-0.1, -0.05) is 0 Å². The molecule has 1 rings (SSSR count). The minimum atomic E-state index is -0.652. The first-order valence-electron chi connectivity index (χ1n) is 4.57. The molecule has 2 radical (unpaired) electrons. The number of hydrogen-bond donors (Lipinski definition) is 1. The van der Waals surface area contributed by atoms with E-state index in [1.54, 1.807) is 0 Å². The molecule has 68 valence electrons. The predicted molar refractivity (Wildman–Crippen MR) is 49.2 cm³/mol. The van der Waals surface area contributed by atoms with Crippen molar-refractivity contribution in [2.24, 2.45) is 11.8 Å². The van der Waals surface area contributed by atoms with Crippen LogP contribution in [0.2, 0.25) is 3.93 Å². The molecule has 1 N–H and O–H groups in total. The number of aliphatic hydroxyl groups excluding tert-OH is 1. The Balaban J connectivity index is 2.55. The molecule has 1 fully saturated rings. The molecule has 1 aliphatic rings. The van der Waals surface area contributed by atoms with Gasteiger partial charge in [0.25, 0.3) is 0 Å². The number of Topliss-reactive ketones (excluding diaryl/α,β-unsaturated/α-hetero) is 1. The van der Waals surface area contributed by atoms with E-state index in [4.69, 9.17) is 5.11 Å². The Morgan fingerprint density at radius 1 is 1.67 bits per heavy atom. The van der Waals surface area contributed by atoms with Crippen molar-refractivity contribution in [2.45, 2.75) is 30.6 Å². The predicted octanol–water partition coefficient (Wildman–Crippen LogP) is 1.06. The summed E-state index contributed by atoms with van der Waals surface area (Å²) in [6, 6.07) is 0. The molecule has 1 saturated carbocycles. The molecule has 1 aliphatic carbocycles. The van der Waals surface area contributed by atoms with Crippen molar-refractivity contribution in [1.82, 2.24) is 0 Å². The molecular weight excluding hydrogens is 259 g/mol. The molecule has 0 heterocycles. The molecule has 0 aliphatic heterocycles. The van der Waals surface area contributed by atoms with Crippen molar-refractivity contribution >= 4 is 26.9 Å². The van der Waals surface area contributed by atoms with Crippen molar-refractivity contribution in [1.29, 1.82) is 0 Å². The first kappa shape index (κ1) is 10.5. The Morgan fingerprint density at radius 3 is 2.75 bits per heavy atom. The van der Waals surface area contributed by atoms with Crippen LogP contribution in [0.3, 0.4) is 0 Å². The molecular formula is C9H16O2Sn. The monoisotopic (exact) mass is 276 g/mol. The summed E-state index contributed by atoms with van der Waals surface area (Å²) in [5.74, 6) is 1.31. The fourth-order valence-corrected chi connectivity index (χ4v) is 5.48. The number of aliphatic hydroxyl groups is 1. The Labute approximate surface area is 84.0 Å². The standard InChI is InChI=1S/C8H13O.CH3O.Sn/c1-3-7-6(2)4-5-8(7)9;1-2;/h4,6-7H,3,5H2,1-2H3;2H,1H2;/t6-,7+;;/m0../s1. The summed E-state index contributed by atoms with van der Waals surface area (Å²) in [6.45, 7) is 4.27. The Kier molecular flexibility index (Phi) is 4.03. The van der Waals surface area contributed by atoms with E-state index in [2.05, 4.69) is 13.8 Å². The topological polar surface area (TPSA) is 37.3 Å². The van der Waals surface area contributed by atoms with Crippen LogP contribution < -0.4 is 0 Å². The Morgan fingerprint density at radius 2 is 2.33 bits per heavy atom. The maximum atomic E-state index is 11.4. The van der Waals surface area contributed by atoms with Crippen molar-refractivity contribution in [3.8, 4) is 0 Å². The van der Waals surface area contributed by atoms with Crippen LogP contribution in [0, 0.1) is 11.8 Å². The molecule has 0 saturated heterocycles. The molecule has 0 aromatic carbocycles.